The summed E-state index contributed by atoms with van der Waals surface area (Å²) in [7, 11) is 0. The van der Waals surface area contributed by atoms with Crippen LogP contribution in [0, 0.1) is 0 Å². The highest BCUT2D eigenvalue weighted by Gasteiger charge is 2.23. The lowest BCUT2D eigenvalue weighted by molar-refractivity contribution is -0.145. The van der Waals surface area contributed by atoms with Crippen LogP contribution in [0.25, 0.3) is 0 Å². The van der Waals surface area contributed by atoms with E-state index in [0.717, 1.165) is 13.1 Å². The van der Waals surface area contributed by atoms with Gasteiger partial charge in [-0.1, -0.05) is 0 Å². The topological polar surface area (TPSA) is 50.8 Å². The number of nitrogens with zero attached hydrogens (tertiary/aromatic N) is 1. The molecule has 0 spiro atoms. The number of carbonyl (C=O) groups excluding carboxylic acids is 1. The van der Waals surface area contributed by atoms with E-state index in [0.29, 0.717) is 19.7 Å². The number of rotatable bonds is 3. The lowest BCUT2D eigenvalue weighted by atomic mass is 10.2. The van der Waals surface area contributed by atoms with Gasteiger partial charge in [0.25, 0.3) is 0 Å². The van der Waals surface area contributed by atoms with E-state index in [4.69, 9.17) is 9.47 Å². The standard InChI is InChI=1S/C10H18N2O3/c1-8-6-12(2-3-14-8)10(13)7-15-9-4-11-5-9/h8-9,11H,2-7H2,1H3. The maximum absolute atomic E-state index is 11.7. The van der Waals surface area contributed by atoms with E-state index in [2.05, 4.69) is 5.32 Å². The highest BCUT2D eigenvalue weighted by atomic mass is 16.5. The summed E-state index contributed by atoms with van der Waals surface area (Å²) in [5.74, 6) is 0.0806. The fraction of sp³-hybridized carbons (Fsp3) is 0.900. The number of amides is 1. The van der Waals surface area contributed by atoms with Crippen molar-refractivity contribution in [3.05, 3.63) is 0 Å². The van der Waals surface area contributed by atoms with Crippen LogP contribution in [-0.4, -0.2) is 62.4 Å². The van der Waals surface area contributed by atoms with Crippen molar-refractivity contribution in [3.8, 4) is 0 Å². The van der Waals surface area contributed by atoms with Crippen molar-refractivity contribution in [2.24, 2.45) is 0 Å². The maximum atomic E-state index is 11.7. The zero-order valence-corrected chi connectivity index (χ0v) is 9.07. The number of hydrogen-bond acceptors (Lipinski definition) is 4. The van der Waals surface area contributed by atoms with Crippen molar-refractivity contribution in [2.75, 3.05) is 39.4 Å². The molecular weight excluding hydrogens is 196 g/mol. The van der Waals surface area contributed by atoms with E-state index in [1.165, 1.54) is 0 Å². The predicted molar refractivity (Wildman–Crippen MR) is 54.6 cm³/mol. The second kappa shape index (κ2) is 4.92. The molecule has 0 aromatic heterocycles. The minimum Gasteiger partial charge on any atom is -0.375 e. The van der Waals surface area contributed by atoms with Crippen LogP contribution in [0.5, 0.6) is 0 Å². The highest BCUT2D eigenvalue weighted by Crippen LogP contribution is 2.06. The zero-order valence-electron chi connectivity index (χ0n) is 9.07. The van der Waals surface area contributed by atoms with E-state index >= 15 is 0 Å². The number of nitrogens with one attached hydrogen (secondary N) is 1. The second-order valence-corrected chi connectivity index (χ2v) is 4.11. The molecule has 5 nitrogen and oxygen atoms in total. The average molecular weight is 214 g/mol. The SMILES string of the molecule is CC1CN(C(=O)COC2CNC2)CCO1. The first-order valence-corrected chi connectivity index (χ1v) is 5.47. The van der Waals surface area contributed by atoms with Gasteiger partial charge in [-0.05, 0) is 6.92 Å². The molecule has 5 heteroatoms. The summed E-state index contributed by atoms with van der Waals surface area (Å²) in [6.45, 7) is 5.94. The first-order valence-electron chi connectivity index (χ1n) is 5.47. The Hall–Kier alpha value is -0.650. The lowest BCUT2D eigenvalue weighted by Crippen LogP contribution is -2.51. The molecule has 2 rings (SSSR count). The Morgan fingerprint density at radius 2 is 2.40 bits per heavy atom. The molecule has 1 unspecified atom stereocenters. The smallest absolute Gasteiger partial charge is 0.248 e. The van der Waals surface area contributed by atoms with Crippen molar-refractivity contribution in [3.63, 3.8) is 0 Å². The number of carbonyl (C=O) groups is 1. The summed E-state index contributed by atoms with van der Waals surface area (Å²) >= 11 is 0. The summed E-state index contributed by atoms with van der Waals surface area (Å²) in [6, 6.07) is 0. The van der Waals surface area contributed by atoms with Crippen LogP contribution < -0.4 is 5.32 Å². The minimum atomic E-state index is 0.0806. The van der Waals surface area contributed by atoms with Gasteiger partial charge in [0.2, 0.25) is 5.91 Å². The zero-order chi connectivity index (χ0) is 10.7. The van der Waals surface area contributed by atoms with Crippen LogP contribution >= 0.6 is 0 Å². The van der Waals surface area contributed by atoms with Crippen molar-refractivity contribution < 1.29 is 14.3 Å². The molecule has 0 aromatic rings. The molecule has 0 aromatic carbocycles. The Kier molecular flexibility index (Phi) is 3.56. The van der Waals surface area contributed by atoms with E-state index < -0.39 is 0 Å². The van der Waals surface area contributed by atoms with Gasteiger partial charge in [-0.3, -0.25) is 4.79 Å². The van der Waals surface area contributed by atoms with Gasteiger partial charge >= 0.3 is 0 Å². The molecule has 0 saturated carbocycles. The van der Waals surface area contributed by atoms with Gasteiger partial charge in [-0.25, -0.2) is 0 Å². The minimum absolute atomic E-state index is 0.0806. The molecule has 0 bridgehead atoms. The summed E-state index contributed by atoms with van der Waals surface area (Å²) < 4.78 is 10.8. The van der Waals surface area contributed by atoms with Crippen LogP contribution in [-0.2, 0) is 14.3 Å². The summed E-state index contributed by atoms with van der Waals surface area (Å²) in [5, 5.41) is 3.10. The molecule has 1 atom stereocenters. The van der Waals surface area contributed by atoms with Gasteiger partial charge in [0.05, 0.1) is 18.8 Å². The largest absolute Gasteiger partial charge is 0.375 e. The monoisotopic (exact) mass is 214 g/mol. The van der Waals surface area contributed by atoms with E-state index in [1.54, 1.807) is 0 Å². The van der Waals surface area contributed by atoms with E-state index in [9.17, 15) is 4.79 Å². The summed E-state index contributed by atoms with van der Waals surface area (Å²) in [5.41, 5.74) is 0. The fourth-order valence-corrected chi connectivity index (χ4v) is 1.71. The molecule has 86 valence electrons. The summed E-state index contributed by atoms with van der Waals surface area (Å²) in [4.78, 5) is 13.5. The highest BCUT2D eigenvalue weighted by molar-refractivity contribution is 5.77. The fourth-order valence-electron chi connectivity index (χ4n) is 1.71. The third-order valence-corrected chi connectivity index (χ3v) is 2.78. The van der Waals surface area contributed by atoms with Crippen LogP contribution in [0.4, 0.5) is 0 Å². The first-order chi connectivity index (χ1) is 7.25. The molecule has 2 saturated heterocycles. The third-order valence-electron chi connectivity index (χ3n) is 2.78. The van der Waals surface area contributed by atoms with Crippen LogP contribution in [0.1, 0.15) is 6.92 Å². The molecule has 2 heterocycles. The van der Waals surface area contributed by atoms with Gasteiger partial charge in [0.15, 0.2) is 0 Å². The van der Waals surface area contributed by atoms with Gasteiger partial charge in [0.1, 0.15) is 6.61 Å². The van der Waals surface area contributed by atoms with E-state index in [1.807, 2.05) is 11.8 Å². The number of morpholine rings is 1. The Bertz CT molecular complexity index is 231. The van der Waals surface area contributed by atoms with Gasteiger partial charge in [0, 0.05) is 26.2 Å². The number of hydrogen-bond donors (Lipinski definition) is 1. The molecule has 2 aliphatic heterocycles. The van der Waals surface area contributed by atoms with Gasteiger partial charge in [-0.15, -0.1) is 0 Å². The van der Waals surface area contributed by atoms with Crippen molar-refractivity contribution in [1.29, 1.82) is 0 Å². The average Bonchev–Trinajstić information content (AvgIpc) is 2.15. The molecule has 15 heavy (non-hydrogen) atoms. The first kappa shape index (κ1) is 10.9. The number of ether oxygens (including phenoxy) is 2. The Morgan fingerprint density at radius 1 is 1.60 bits per heavy atom. The van der Waals surface area contributed by atoms with Crippen LogP contribution in [0.3, 0.4) is 0 Å². The van der Waals surface area contributed by atoms with Crippen molar-refractivity contribution in [1.82, 2.24) is 10.2 Å². The molecule has 1 N–H and O–H groups in total. The summed E-state index contributed by atoms with van der Waals surface area (Å²) in [6.07, 6.45) is 0.375. The van der Waals surface area contributed by atoms with Gasteiger partial charge in [-0.2, -0.15) is 0 Å². The Labute approximate surface area is 89.7 Å². The quantitative estimate of drug-likeness (QED) is 0.670. The third kappa shape index (κ3) is 2.90. The normalized spacial score (nSPS) is 27.5. The Balaban J connectivity index is 1.69. The van der Waals surface area contributed by atoms with E-state index in [-0.39, 0.29) is 24.7 Å². The van der Waals surface area contributed by atoms with Gasteiger partial charge < -0.3 is 19.7 Å². The predicted octanol–water partition coefficient (Wildman–Crippen LogP) is -0.778. The van der Waals surface area contributed by atoms with Crippen LogP contribution in [0.2, 0.25) is 0 Å². The lowest BCUT2D eigenvalue weighted by Gasteiger charge is -2.32. The van der Waals surface area contributed by atoms with Crippen molar-refractivity contribution in [2.45, 2.75) is 19.1 Å². The van der Waals surface area contributed by atoms with Crippen LogP contribution in [0.15, 0.2) is 0 Å². The Morgan fingerprint density at radius 3 is 3.00 bits per heavy atom. The van der Waals surface area contributed by atoms with Crippen molar-refractivity contribution >= 4 is 5.91 Å². The molecule has 2 aliphatic rings. The molecule has 0 radical (unpaired) electrons. The molecule has 1 amide bonds. The molecular formula is C10H18N2O3. The molecule has 0 aliphatic carbocycles. The second-order valence-electron chi connectivity index (χ2n) is 4.11. The molecule has 2 fully saturated rings. The maximum Gasteiger partial charge on any atom is 0.248 e.